The molecular formula is C21H26N4O2. The number of rotatable bonds is 6. The highest BCUT2D eigenvalue weighted by atomic mass is 16.5. The molecule has 0 saturated carbocycles. The van der Waals surface area contributed by atoms with E-state index in [1.165, 1.54) is 0 Å². The summed E-state index contributed by atoms with van der Waals surface area (Å²) < 4.78 is 7.16. The highest BCUT2D eigenvalue weighted by Crippen LogP contribution is 2.23. The van der Waals surface area contributed by atoms with Gasteiger partial charge in [0.1, 0.15) is 11.4 Å². The van der Waals surface area contributed by atoms with E-state index >= 15 is 0 Å². The molecule has 0 bridgehead atoms. The topological polar surface area (TPSA) is 67.7 Å². The fraction of sp³-hybridized carbons (Fsp3) is 0.333. The lowest BCUT2D eigenvalue weighted by Gasteiger charge is -2.23. The molecule has 6 heteroatoms. The molecule has 0 radical (unpaired) electrons. The summed E-state index contributed by atoms with van der Waals surface area (Å²) in [7, 11) is 1.64. The second kappa shape index (κ2) is 8.12. The first-order valence-corrected chi connectivity index (χ1v) is 9.09. The molecule has 1 aromatic carbocycles. The van der Waals surface area contributed by atoms with Crippen molar-refractivity contribution in [1.82, 2.24) is 20.0 Å². The molecule has 0 spiro atoms. The lowest BCUT2D eigenvalue weighted by Crippen LogP contribution is -2.39. The van der Waals surface area contributed by atoms with Gasteiger partial charge < -0.3 is 19.8 Å². The summed E-state index contributed by atoms with van der Waals surface area (Å²) in [6.45, 7) is 6.57. The van der Waals surface area contributed by atoms with Gasteiger partial charge in [0, 0.05) is 12.4 Å². The van der Waals surface area contributed by atoms with Crippen LogP contribution in [-0.4, -0.2) is 22.5 Å². The van der Waals surface area contributed by atoms with Gasteiger partial charge in [0.05, 0.1) is 25.4 Å². The van der Waals surface area contributed by atoms with Crippen molar-refractivity contribution in [2.24, 2.45) is 5.92 Å². The summed E-state index contributed by atoms with van der Waals surface area (Å²) in [5.41, 5.74) is 3.90. The Hall–Kier alpha value is -3.02. The summed E-state index contributed by atoms with van der Waals surface area (Å²) in [5, 5.41) is 5.96. The van der Waals surface area contributed by atoms with Crippen LogP contribution in [-0.2, 0) is 6.54 Å². The number of pyridine rings is 1. The Kier molecular flexibility index (Phi) is 5.64. The van der Waals surface area contributed by atoms with Crippen molar-refractivity contribution in [3.05, 3.63) is 65.6 Å². The Labute approximate surface area is 159 Å². The fourth-order valence-electron chi connectivity index (χ4n) is 3.03. The van der Waals surface area contributed by atoms with E-state index in [-0.39, 0.29) is 18.0 Å². The second-order valence-corrected chi connectivity index (χ2v) is 7.02. The minimum absolute atomic E-state index is 0.0837. The molecule has 27 heavy (non-hydrogen) atoms. The van der Waals surface area contributed by atoms with Crippen molar-refractivity contribution in [1.29, 1.82) is 0 Å². The molecule has 0 fully saturated rings. The summed E-state index contributed by atoms with van der Waals surface area (Å²) in [5.74, 6) is 1.05. The average Bonchev–Trinajstić information content (AvgIpc) is 3.06. The minimum atomic E-state index is -0.210. The number of aromatic nitrogens is 2. The van der Waals surface area contributed by atoms with Crippen molar-refractivity contribution in [3.63, 3.8) is 0 Å². The normalized spacial score (nSPS) is 12.2. The number of urea groups is 1. The second-order valence-electron chi connectivity index (χ2n) is 7.02. The smallest absolute Gasteiger partial charge is 0.315 e. The predicted octanol–water partition coefficient (Wildman–Crippen LogP) is 3.85. The quantitative estimate of drug-likeness (QED) is 0.696. The molecule has 0 aliphatic carbocycles. The van der Waals surface area contributed by atoms with E-state index in [4.69, 9.17) is 4.74 Å². The SMILES string of the molecule is COc1ccc(C(NC(=O)NCc2cn3ccc(C)cc3n2)C(C)C)cc1. The highest BCUT2D eigenvalue weighted by Gasteiger charge is 2.18. The van der Waals surface area contributed by atoms with Gasteiger partial charge in [-0.1, -0.05) is 26.0 Å². The maximum Gasteiger partial charge on any atom is 0.315 e. The third-order valence-electron chi connectivity index (χ3n) is 4.52. The number of nitrogens with zero attached hydrogens (tertiary/aromatic N) is 2. The van der Waals surface area contributed by atoms with Gasteiger partial charge in [-0.05, 0) is 48.2 Å². The summed E-state index contributed by atoms with van der Waals surface area (Å²) in [6, 6.07) is 11.5. The molecule has 6 nitrogen and oxygen atoms in total. The predicted molar refractivity (Wildman–Crippen MR) is 106 cm³/mol. The molecule has 0 aliphatic heterocycles. The average molecular weight is 366 g/mol. The van der Waals surface area contributed by atoms with E-state index in [1.807, 2.05) is 60.1 Å². The number of benzene rings is 1. The molecule has 142 valence electrons. The van der Waals surface area contributed by atoms with Crippen LogP contribution < -0.4 is 15.4 Å². The van der Waals surface area contributed by atoms with Crippen molar-refractivity contribution in [2.75, 3.05) is 7.11 Å². The third kappa shape index (κ3) is 4.58. The zero-order valence-corrected chi connectivity index (χ0v) is 16.2. The van der Waals surface area contributed by atoms with Crippen LogP contribution in [0.2, 0.25) is 0 Å². The number of fused-ring (bicyclic) bond motifs is 1. The lowest BCUT2D eigenvalue weighted by atomic mass is 9.96. The first-order valence-electron chi connectivity index (χ1n) is 9.09. The molecule has 2 aromatic heterocycles. The maximum absolute atomic E-state index is 12.4. The van der Waals surface area contributed by atoms with E-state index in [0.717, 1.165) is 28.2 Å². The Morgan fingerprint density at radius 3 is 2.63 bits per heavy atom. The van der Waals surface area contributed by atoms with Gasteiger partial charge in [-0.3, -0.25) is 0 Å². The Morgan fingerprint density at radius 1 is 1.22 bits per heavy atom. The first-order chi connectivity index (χ1) is 13.0. The number of imidazole rings is 1. The number of amides is 2. The molecule has 2 N–H and O–H groups in total. The number of carbonyl (C=O) groups is 1. The van der Waals surface area contributed by atoms with Gasteiger partial charge in [-0.2, -0.15) is 0 Å². The Morgan fingerprint density at radius 2 is 1.96 bits per heavy atom. The molecule has 3 rings (SSSR count). The molecule has 0 aliphatic rings. The highest BCUT2D eigenvalue weighted by molar-refractivity contribution is 5.74. The molecule has 3 aromatic rings. The van der Waals surface area contributed by atoms with Crippen LogP contribution in [0.1, 0.15) is 36.7 Å². The molecule has 1 unspecified atom stereocenters. The van der Waals surface area contributed by atoms with Crippen LogP contribution in [0, 0.1) is 12.8 Å². The Balaban J connectivity index is 1.63. The van der Waals surface area contributed by atoms with Gasteiger partial charge in [-0.15, -0.1) is 0 Å². The zero-order valence-electron chi connectivity index (χ0n) is 16.2. The molecule has 2 heterocycles. The van der Waals surface area contributed by atoms with Crippen molar-refractivity contribution in [2.45, 2.75) is 33.4 Å². The van der Waals surface area contributed by atoms with Gasteiger partial charge in [0.25, 0.3) is 0 Å². The summed E-state index contributed by atoms with van der Waals surface area (Å²) in [4.78, 5) is 17.0. The summed E-state index contributed by atoms with van der Waals surface area (Å²) >= 11 is 0. The lowest BCUT2D eigenvalue weighted by molar-refractivity contribution is 0.232. The zero-order chi connectivity index (χ0) is 19.4. The largest absolute Gasteiger partial charge is 0.497 e. The fourth-order valence-corrected chi connectivity index (χ4v) is 3.03. The van der Waals surface area contributed by atoms with Crippen LogP contribution in [0.15, 0.2) is 48.8 Å². The number of nitrogens with one attached hydrogen (secondary N) is 2. The Bertz CT molecular complexity index is 916. The molecule has 2 amide bonds. The number of hydrogen-bond acceptors (Lipinski definition) is 3. The van der Waals surface area contributed by atoms with Gasteiger partial charge >= 0.3 is 6.03 Å². The number of methoxy groups -OCH3 is 1. The number of carbonyl (C=O) groups excluding carboxylic acids is 1. The number of aryl methyl sites for hydroxylation is 1. The van der Waals surface area contributed by atoms with Gasteiger partial charge in [0.2, 0.25) is 0 Å². The first kappa shape index (κ1) is 18.8. The van der Waals surface area contributed by atoms with E-state index in [0.29, 0.717) is 6.54 Å². The van der Waals surface area contributed by atoms with Crippen molar-refractivity contribution < 1.29 is 9.53 Å². The molecular weight excluding hydrogens is 340 g/mol. The minimum Gasteiger partial charge on any atom is -0.497 e. The van der Waals surface area contributed by atoms with Crippen LogP contribution in [0.4, 0.5) is 4.79 Å². The molecule has 1 atom stereocenters. The summed E-state index contributed by atoms with van der Waals surface area (Å²) in [6.07, 6.45) is 3.90. The van der Waals surface area contributed by atoms with Crippen LogP contribution in [0.25, 0.3) is 5.65 Å². The van der Waals surface area contributed by atoms with E-state index < -0.39 is 0 Å². The number of ether oxygens (including phenoxy) is 1. The van der Waals surface area contributed by atoms with Crippen LogP contribution >= 0.6 is 0 Å². The van der Waals surface area contributed by atoms with Gasteiger partial charge in [-0.25, -0.2) is 9.78 Å². The van der Waals surface area contributed by atoms with Crippen molar-refractivity contribution in [3.8, 4) is 5.75 Å². The third-order valence-corrected chi connectivity index (χ3v) is 4.52. The van der Waals surface area contributed by atoms with E-state index in [2.05, 4.69) is 29.5 Å². The monoisotopic (exact) mass is 366 g/mol. The maximum atomic E-state index is 12.4. The van der Waals surface area contributed by atoms with E-state index in [1.54, 1.807) is 7.11 Å². The molecule has 0 saturated heterocycles. The van der Waals surface area contributed by atoms with Crippen LogP contribution in [0.3, 0.4) is 0 Å². The van der Waals surface area contributed by atoms with Gasteiger partial charge in [0.15, 0.2) is 0 Å². The van der Waals surface area contributed by atoms with E-state index in [9.17, 15) is 4.79 Å². The number of hydrogen-bond donors (Lipinski definition) is 2. The van der Waals surface area contributed by atoms with Crippen molar-refractivity contribution >= 4 is 11.7 Å². The standard InChI is InChI=1S/C21H26N4O2/c1-14(2)20(16-5-7-18(27-4)8-6-16)24-21(26)22-12-17-13-25-10-9-15(3)11-19(25)23-17/h5-11,13-14,20H,12H2,1-4H3,(H2,22,24,26). The van der Waals surface area contributed by atoms with Crippen LogP contribution in [0.5, 0.6) is 5.75 Å².